The van der Waals surface area contributed by atoms with Crippen molar-refractivity contribution in [3.63, 3.8) is 0 Å². The Labute approximate surface area is 127 Å². The Morgan fingerprint density at radius 3 is 2.55 bits per heavy atom. The van der Waals surface area contributed by atoms with Crippen LogP contribution < -0.4 is 5.32 Å². The normalized spacial score (nSPS) is 11.1. The molecule has 0 aliphatic heterocycles. The smallest absolute Gasteiger partial charge is 0.325 e. The number of carbonyl (C=O) groups is 2. The molecule has 0 saturated carbocycles. The maximum Gasteiger partial charge on any atom is 0.325 e. The predicted molar refractivity (Wildman–Crippen MR) is 82.0 cm³/mol. The number of hydrogen-bond donors (Lipinski definition) is 1. The molecule has 0 aliphatic rings. The molecular weight excluding hydrogens is 298 g/mol. The summed E-state index contributed by atoms with van der Waals surface area (Å²) in [6.45, 7) is 2.12. The first-order chi connectivity index (χ1) is 9.56. The molecule has 0 amide bonds. The number of rotatable bonds is 7. The van der Waals surface area contributed by atoms with Gasteiger partial charge in [0.05, 0.1) is 11.6 Å². The van der Waals surface area contributed by atoms with Gasteiger partial charge >= 0.3 is 5.97 Å². The Balaban J connectivity index is 2.66. The summed E-state index contributed by atoms with van der Waals surface area (Å²) in [6.07, 6.45) is 3.27. The molecule has 0 saturated heterocycles. The zero-order valence-corrected chi connectivity index (χ0v) is 12.9. The van der Waals surface area contributed by atoms with Gasteiger partial charge in [-0.3, -0.25) is 9.59 Å². The first-order valence-corrected chi connectivity index (χ1v) is 7.62. The van der Waals surface area contributed by atoms with Gasteiger partial charge in [0.2, 0.25) is 0 Å². The van der Waals surface area contributed by atoms with Gasteiger partial charge in [-0.15, -0.1) is 11.8 Å². The van der Waals surface area contributed by atoms with Crippen LogP contribution in [0, 0.1) is 0 Å². The van der Waals surface area contributed by atoms with E-state index in [1.54, 1.807) is 31.2 Å². The molecule has 0 atom stereocenters. The number of esters is 1. The molecule has 1 aromatic carbocycles. The minimum absolute atomic E-state index is 0.0361. The molecule has 20 heavy (non-hydrogen) atoms. The highest BCUT2D eigenvalue weighted by molar-refractivity contribution is 8.02. The SMILES string of the molecule is CCOC(=O)CN/C(=C\C(=O)c1ccc(Cl)cc1)SC. The maximum absolute atomic E-state index is 12.0. The van der Waals surface area contributed by atoms with Crippen molar-refractivity contribution in [1.82, 2.24) is 5.32 Å². The van der Waals surface area contributed by atoms with Crippen LogP contribution in [0.25, 0.3) is 0 Å². The number of ketones is 1. The van der Waals surface area contributed by atoms with E-state index in [2.05, 4.69) is 5.32 Å². The van der Waals surface area contributed by atoms with Crippen molar-refractivity contribution in [2.45, 2.75) is 6.92 Å². The molecule has 108 valence electrons. The van der Waals surface area contributed by atoms with Gasteiger partial charge in [0.15, 0.2) is 5.78 Å². The van der Waals surface area contributed by atoms with Crippen LogP contribution >= 0.6 is 23.4 Å². The summed E-state index contributed by atoms with van der Waals surface area (Å²) >= 11 is 7.12. The van der Waals surface area contributed by atoms with Crippen molar-refractivity contribution >= 4 is 35.1 Å². The molecule has 1 N–H and O–H groups in total. The fourth-order valence-corrected chi connectivity index (χ4v) is 1.94. The Kier molecular flexibility index (Phi) is 7.18. The fourth-order valence-electron chi connectivity index (χ4n) is 1.37. The first-order valence-electron chi connectivity index (χ1n) is 6.02. The molecule has 0 heterocycles. The topological polar surface area (TPSA) is 55.4 Å². The number of ether oxygens (including phenoxy) is 1. The molecule has 0 spiro atoms. The van der Waals surface area contributed by atoms with Gasteiger partial charge in [-0.05, 0) is 37.4 Å². The molecular formula is C14H16ClNO3S. The van der Waals surface area contributed by atoms with Gasteiger partial charge in [0, 0.05) is 16.7 Å². The molecule has 4 nitrogen and oxygen atoms in total. The monoisotopic (exact) mass is 313 g/mol. The van der Waals surface area contributed by atoms with Crippen LogP contribution in [0.3, 0.4) is 0 Å². The van der Waals surface area contributed by atoms with Gasteiger partial charge in [0.1, 0.15) is 6.54 Å². The van der Waals surface area contributed by atoms with Crippen molar-refractivity contribution in [2.75, 3.05) is 19.4 Å². The number of carbonyl (C=O) groups excluding carboxylic acids is 2. The lowest BCUT2D eigenvalue weighted by atomic mass is 10.1. The van der Waals surface area contributed by atoms with E-state index < -0.39 is 0 Å². The highest BCUT2D eigenvalue weighted by Crippen LogP contribution is 2.13. The van der Waals surface area contributed by atoms with E-state index in [4.69, 9.17) is 16.3 Å². The minimum atomic E-state index is -0.355. The second-order valence-electron chi connectivity index (χ2n) is 3.74. The molecule has 0 bridgehead atoms. The van der Waals surface area contributed by atoms with Crippen LogP contribution in [0.1, 0.15) is 17.3 Å². The molecule has 0 radical (unpaired) electrons. The summed E-state index contributed by atoms with van der Waals surface area (Å²) in [5.41, 5.74) is 0.541. The molecule has 0 fully saturated rings. The zero-order valence-electron chi connectivity index (χ0n) is 11.3. The van der Waals surface area contributed by atoms with E-state index in [9.17, 15) is 9.59 Å². The van der Waals surface area contributed by atoms with Gasteiger partial charge in [-0.1, -0.05) is 11.6 Å². The summed E-state index contributed by atoms with van der Waals surface area (Å²) in [4.78, 5) is 23.2. The number of hydrogen-bond acceptors (Lipinski definition) is 5. The van der Waals surface area contributed by atoms with Crippen LogP contribution in [0.4, 0.5) is 0 Å². The highest BCUT2D eigenvalue weighted by Gasteiger charge is 2.07. The number of halogens is 1. The third kappa shape index (κ3) is 5.67. The van der Waals surface area contributed by atoms with Crippen molar-refractivity contribution in [3.8, 4) is 0 Å². The van der Waals surface area contributed by atoms with Crippen LogP contribution in [-0.4, -0.2) is 31.2 Å². The molecule has 0 unspecified atom stereocenters. The number of allylic oxidation sites excluding steroid dienone is 1. The Morgan fingerprint density at radius 2 is 2.00 bits per heavy atom. The lowest BCUT2D eigenvalue weighted by Gasteiger charge is -2.07. The van der Waals surface area contributed by atoms with Gasteiger partial charge in [0.25, 0.3) is 0 Å². The quantitative estimate of drug-likeness (QED) is 0.476. The van der Waals surface area contributed by atoms with E-state index in [1.165, 1.54) is 17.8 Å². The summed E-state index contributed by atoms with van der Waals surface area (Å²) in [7, 11) is 0. The van der Waals surface area contributed by atoms with E-state index >= 15 is 0 Å². The fraction of sp³-hybridized carbons (Fsp3) is 0.286. The van der Waals surface area contributed by atoms with E-state index in [0.29, 0.717) is 22.2 Å². The van der Waals surface area contributed by atoms with Crippen LogP contribution in [-0.2, 0) is 9.53 Å². The highest BCUT2D eigenvalue weighted by atomic mass is 35.5. The number of benzene rings is 1. The van der Waals surface area contributed by atoms with Gasteiger partial charge in [-0.25, -0.2) is 0 Å². The van der Waals surface area contributed by atoms with Crippen molar-refractivity contribution < 1.29 is 14.3 Å². The Morgan fingerprint density at radius 1 is 1.35 bits per heavy atom. The van der Waals surface area contributed by atoms with Crippen molar-refractivity contribution in [3.05, 3.63) is 46.0 Å². The van der Waals surface area contributed by atoms with E-state index in [1.807, 2.05) is 6.26 Å². The zero-order chi connectivity index (χ0) is 15.0. The van der Waals surface area contributed by atoms with Gasteiger partial charge in [-0.2, -0.15) is 0 Å². The summed E-state index contributed by atoms with van der Waals surface area (Å²) in [6, 6.07) is 6.63. The van der Waals surface area contributed by atoms with Crippen LogP contribution in [0.2, 0.25) is 5.02 Å². The summed E-state index contributed by atoms with van der Waals surface area (Å²) in [5, 5.41) is 4.06. The Hall–Kier alpha value is -1.46. The van der Waals surface area contributed by atoms with Crippen LogP contribution in [0.5, 0.6) is 0 Å². The van der Waals surface area contributed by atoms with Crippen LogP contribution in [0.15, 0.2) is 35.4 Å². The first kappa shape index (κ1) is 16.6. The van der Waals surface area contributed by atoms with E-state index in [-0.39, 0.29) is 18.3 Å². The Bertz CT molecular complexity index is 500. The molecule has 1 rings (SSSR count). The minimum Gasteiger partial charge on any atom is -0.465 e. The second kappa shape index (κ2) is 8.66. The van der Waals surface area contributed by atoms with Gasteiger partial charge < -0.3 is 10.1 Å². The van der Waals surface area contributed by atoms with Crippen molar-refractivity contribution in [2.24, 2.45) is 0 Å². The maximum atomic E-state index is 12.0. The summed E-state index contributed by atoms with van der Waals surface area (Å²) in [5.74, 6) is -0.506. The largest absolute Gasteiger partial charge is 0.465 e. The average molecular weight is 314 g/mol. The molecule has 6 heteroatoms. The lowest BCUT2D eigenvalue weighted by molar-refractivity contribution is -0.141. The molecule has 1 aromatic rings. The molecule has 0 aromatic heterocycles. The molecule has 0 aliphatic carbocycles. The standard InChI is InChI=1S/C14H16ClNO3S/c1-3-19-14(18)9-16-13(20-2)8-12(17)10-4-6-11(15)7-5-10/h4-8,16H,3,9H2,1-2H3/b13-8+. The average Bonchev–Trinajstić information content (AvgIpc) is 2.44. The lowest BCUT2D eigenvalue weighted by Crippen LogP contribution is -2.23. The third-order valence-corrected chi connectivity index (χ3v) is 3.28. The number of thioether (sulfide) groups is 1. The predicted octanol–water partition coefficient (Wildman–Crippen LogP) is 2.88. The third-order valence-electron chi connectivity index (χ3n) is 2.32. The summed E-state index contributed by atoms with van der Waals surface area (Å²) < 4.78 is 4.80. The number of nitrogens with one attached hydrogen (secondary N) is 1. The second-order valence-corrected chi connectivity index (χ2v) is 5.03. The van der Waals surface area contributed by atoms with Crippen molar-refractivity contribution in [1.29, 1.82) is 0 Å². The van der Waals surface area contributed by atoms with E-state index in [0.717, 1.165) is 0 Å².